The number of aromatic nitrogens is 1. The van der Waals surface area contributed by atoms with E-state index in [0.29, 0.717) is 56.3 Å². The second-order valence-corrected chi connectivity index (χ2v) is 8.72. The van der Waals surface area contributed by atoms with Crippen molar-refractivity contribution in [1.82, 2.24) is 14.4 Å². The maximum atomic E-state index is 13.7. The van der Waals surface area contributed by atoms with Crippen LogP contribution in [-0.2, 0) is 29.7 Å². The van der Waals surface area contributed by atoms with Crippen LogP contribution in [0.2, 0.25) is 0 Å². The van der Waals surface area contributed by atoms with E-state index in [2.05, 4.69) is 0 Å². The second kappa shape index (κ2) is 14.1. The van der Waals surface area contributed by atoms with E-state index in [1.165, 1.54) is 14.2 Å². The fraction of sp³-hybridized carbons (Fsp3) is 0.379. The lowest BCUT2D eigenvalue weighted by atomic mass is 10.1. The molecule has 0 bridgehead atoms. The molecule has 2 amide bonds. The van der Waals surface area contributed by atoms with E-state index < -0.39 is 0 Å². The SMILES string of the molecule is CCOCCCN(CC(=O)N(Cc1ccccc1)Cc1cccn1C)C(=O)c1cc(OC)cc(OC)c1. The van der Waals surface area contributed by atoms with Crippen molar-refractivity contribution < 1.29 is 23.8 Å². The van der Waals surface area contributed by atoms with Gasteiger partial charge in [0.05, 0.1) is 20.8 Å². The highest BCUT2D eigenvalue weighted by atomic mass is 16.5. The van der Waals surface area contributed by atoms with Gasteiger partial charge in [-0.3, -0.25) is 9.59 Å². The van der Waals surface area contributed by atoms with Gasteiger partial charge in [-0.25, -0.2) is 0 Å². The molecule has 0 saturated carbocycles. The zero-order chi connectivity index (χ0) is 26.6. The number of aryl methyl sites for hydroxylation is 1. The number of amides is 2. The summed E-state index contributed by atoms with van der Waals surface area (Å²) in [5.74, 6) is 0.626. The molecule has 0 saturated heterocycles. The highest BCUT2D eigenvalue weighted by Crippen LogP contribution is 2.24. The fourth-order valence-electron chi connectivity index (χ4n) is 4.02. The summed E-state index contributed by atoms with van der Waals surface area (Å²) in [6, 6.07) is 18.9. The summed E-state index contributed by atoms with van der Waals surface area (Å²) in [5.41, 5.74) is 2.44. The third-order valence-corrected chi connectivity index (χ3v) is 6.11. The molecule has 37 heavy (non-hydrogen) atoms. The van der Waals surface area contributed by atoms with Crippen LogP contribution in [0, 0.1) is 0 Å². The molecule has 8 heteroatoms. The molecule has 8 nitrogen and oxygen atoms in total. The largest absolute Gasteiger partial charge is 0.497 e. The van der Waals surface area contributed by atoms with Crippen molar-refractivity contribution in [2.45, 2.75) is 26.4 Å². The van der Waals surface area contributed by atoms with Crippen LogP contribution in [0.3, 0.4) is 0 Å². The van der Waals surface area contributed by atoms with E-state index in [-0.39, 0.29) is 18.4 Å². The van der Waals surface area contributed by atoms with Crippen LogP contribution < -0.4 is 9.47 Å². The maximum absolute atomic E-state index is 13.7. The van der Waals surface area contributed by atoms with E-state index in [1.54, 1.807) is 28.0 Å². The Bertz CT molecular complexity index is 1120. The van der Waals surface area contributed by atoms with Crippen molar-refractivity contribution >= 4 is 11.8 Å². The Hall–Kier alpha value is -3.78. The van der Waals surface area contributed by atoms with Crippen molar-refractivity contribution in [3.63, 3.8) is 0 Å². The Balaban J connectivity index is 1.85. The molecule has 0 N–H and O–H groups in total. The average molecular weight is 508 g/mol. The van der Waals surface area contributed by atoms with Gasteiger partial charge in [0.15, 0.2) is 0 Å². The fourth-order valence-corrected chi connectivity index (χ4v) is 4.02. The number of carbonyl (C=O) groups excluding carboxylic acids is 2. The first-order valence-electron chi connectivity index (χ1n) is 12.5. The number of rotatable bonds is 14. The van der Waals surface area contributed by atoms with Crippen molar-refractivity contribution in [2.24, 2.45) is 7.05 Å². The molecule has 0 radical (unpaired) electrons. The number of hydrogen-bond acceptors (Lipinski definition) is 5. The highest BCUT2D eigenvalue weighted by molar-refractivity contribution is 5.97. The van der Waals surface area contributed by atoms with Gasteiger partial charge in [-0.05, 0) is 43.2 Å². The normalized spacial score (nSPS) is 10.7. The Morgan fingerprint density at radius 3 is 2.19 bits per heavy atom. The number of hydrogen-bond donors (Lipinski definition) is 0. The minimum Gasteiger partial charge on any atom is -0.497 e. The number of methoxy groups -OCH3 is 2. The van der Waals surface area contributed by atoms with Gasteiger partial charge >= 0.3 is 0 Å². The second-order valence-electron chi connectivity index (χ2n) is 8.72. The molecule has 0 spiro atoms. The first-order chi connectivity index (χ1) is 17.9. The van der Waals surface area contributed by atoms with E-state index >= 15 is 0 Å². The highest BCUT2D eigenvalue weighted by Gasteiger charge is 2.24. The average Bonchev–Trinajstić information content (AvgIpc) is 3.33. The van der Waals surface area contributed by atoms with E-state index in [1.807, 2.05) is 67.2 Å². The van der Waals surface area contributed by atoms with Crippen LogP contribution in [0.5, 0.6) is 11.5 Å². The Morgan fingerprint density at radius 2 is 1.59 bits per heavy atom. The van der Waals surface area contributed by atoms with Crippen molar-refractivity contribution in [1.29, 1.82) is 0 Å². The predicted octanol–water partition coefficient (Wildman–Crippen LogP) is 4.14. The third-order valence-electron chi connectivity index (χ3n) is 6.11. The van der Waals surface area contributed by atoms with Gasteiger partial charge in [0.25, 0.3) is 5.91 Å². The van der Waals surface area contributed by atoms with Gasteiger partial charge in [0, 0.05) is 56.9 Å². The lowest BCUT2D eigenvalue weighted by Gasteiger charge is -2.28. The van der Waals surface area contributed by atoms with Gasteiger partial charge in [-0.1, -0.05) is 30.3 Å². The monoisotopic (exact) mass is 507 g/mol. The van der Waals surface area contributed by atoms with Crippen LogP contribution in [0.4, 0.5) is 0 Å². The standard InChI is InChI=1S/C29H37N3O5/c1-5-37-16-10-15-31(29(34)24-17-26(35-3)19-27(18-24)36-4)22-28(33)32(20-23-11-7-6-8-12-23)21-25-13-9-14-30(25)2/h6-9,11-14,17-19H,5,10,15-16,20-22H2,1-4H3. The number of nitrogens with zero attached hydrogens (tertiary/aromatic N) is 3. The van der Waals surface area contributed by atoms with Crippen LogP contribution in [-0.4, -0.2) is 66.7 Å². The molecular weight excluding hydrogens is 470 g/mol. The third kappa shape index (κ3) is 8.11. The van der Waals surface area contributed by atoms with Crippen molar-refractivity contribution in [3.8, 4) is 11.5 Å². The molecule has 2 aromatic carbocycles. The van der Waals surface area contributed by atoms with E-state index in [9.17, 15) is 9.59 Å². The van der Waals surface area contributed by atoms with Gasteiger partial charge < -0.3 is 28.6 Å². The topological polar surface area (TPSA) is 73.2 Å². The van der Waals surface area contributed by atoms with Crippen LogP contribution in [0.25, 0.3) is 0 Å². The van der Waals surface area contributed by atoms with Crippen LogP contribution in [0.15, 0.2) is 66.9 Å². The molecule has 0 fully saturated rings. The lowest BCUT2D eigenvalue weighted by Crippen LogP contribution is -2.43. The Labute approximate surface area is 219 Å². The van der Waals surface area contributed by atoms with Gasteiger partial charge in [0.1, 0.15) is 18.0 Å². The molecule has 198 valence electrons. The molecule has 0 atom stereocenters. The van der Waals surface area contributed by atoms with Gasteiger partial charge in [0.2, 0.25) is 5.91 Å². The number of benzene rings is 2. The molecule has 3 aromatic rings. The quantitative estimate of drug-likeness (QED) is 0.307. The minimum absolute atomic E-state index is 0.0538. The summed E-state index contributed by atoms with van der Waals surface area (Å²) in [6.07, 6.45) is 2.57. The summed E-state index contributed by atoms with van der Waals surface area (Å²) in [7, 11) is 5.04. The molecule has 0 unspecified atom stereocenters. The first kappa shape index (κ1) is 27.8. The summed E-state index contributed by atoms with van der Waals surface area (Å²) in [5, 5.41) is 0. The number of ether oxygens (including phenoxy) is 3. The maximum Gasteiger partial charge on any atom is 0.254 e. The van der Waals surface area contributed by atoms with Crippen LogP contribution >= 0.6 is 0 Å². The zero-order valence-corrected chi connectivity index (χ0v) is 22.2. The Morgan fingerprint density at radius 1 is 0.892 bits per heavy atom. The lowest BCUT2D eigenvalue weighted by molar-refractivity contribution is -0.133. The Kier molecular flexibility index (Phi) is 10.6. The summed E-state index contributed by atoms with van der Waals surface area (Å²) in [4.78, 5) is 30.7. The number of carbonyl (C=O) groups is 2. The summed E-state index contributed by atoms with van der Waals surface area (Å²) >= 11 is 0. The van der Waals surface area contributed by atoms with Gasteiger partial charge in [-0.2, -0.15) is 0 Å². The summed E-state index contributed by atoms with van der Waals surface area (Å²) in [6.45, 7) is 4.24. The molecule has 0 aliphatic carbocycles. The molecule has 0 aliphatic rings. The van der Waals surface area contributed by atoms with Gasteiger partial charge in [-0.15, -0.1) is 0 Å². The predicted molar refractivity (Wildman–Crippen MR) is 143 cm³/mol. The first-order valence-corrected chi connectivity index (χ1v) is 12.5. The van der Waals surface area contributed by atoms with Crippen molar-refractivity contribution in [2.75, 3.05) is 40.5 Å². The van der Waals surface area contributed by atoms with Crippen LogP contribution in [0.1, 0.15) is 35.0 Å². The van der Waals surface area contributed by atoms with E-state index in [4.69, 9.17) is 14.2 Å². The molecule has 1 heterocycles. The molecule has 0 aliphatic heterocycles. The summed E-state index contributed by atoms with van der Waals surface area (Å²) < 4.78 is 18.2. The van der Waals surface area contributed by atoms with Crippen molar-refractivity contribution in [3.05, 3.63) is 83.7 Å². The molecule has 1 aromatic heterocycles. The smallest absolute Gasteiger partial charge is 0.254 e. The zero-order valence-electron chi connectivity index (χ0n) is 22.2. The minimum atomic E-state index is -0.263. The van der Waals surface area contributed by atoms with E-state index in [0.717, 1.165) is 11.3 Å². The molecular formula is C29H37N3O5. The molecule has 3 rings (SSSR count).